The quantitative estimate of drug-likeness (QED) is 0.626. The standard InChI is InChI=1S/C11H11FO4/c1-16-11(15)5-4-10(14)8-6-7(12)2-3-9(8)13/h2-3,6,13H,4-5H2,1H3. The molecule has 1 rings (SSSR count). The first-order valence-corrected chi connectivity index (χ1v) is 4.63. The second-order valence-corrected chi connectivity index (χ2v) is 3.16. The van der Waals surface area contributed by atoms with Gasteiger partial charge in [0, 0.05) is 6.42 Å². The lowest BCUT2D eigenvalue weighted by atomic mass is 10.1. The zero-order valence-corrected chi connectivity index (χ0v) is 8.70. The van der Waals surface area contributed by atoms with Crippen molar-refractivity contribution in [1.82, 2.24) is 0 Å². The Morgan fingerprint density at radius 2 is 2.06 bits per heavy atom. The summed E-state index contributed by atoms with van der Waals surface area (Å²) in [5, 5.41) is 9.32. The van der Waals surface area contributed by atoms with Crippen molar-refractivity contribution in [2.75, 3.05) is 7.11 Å². The average Bonchev–Trinajstić information content (AvgIpc) is 2.28. The highest BCUT2D eigenvalue weighted by atomic mass is 19.1. The van der Waals surface area contributed by atoms with Gasteiger partial charge in [0.05, 0.1) is 19.1 Å². The normalized spacial score (nSPS) is 9.88. The van der Waals surface area contributed by atoms with E-state index in [-0.39, 0.29) is 24.2 Å². The van der Waals surface area contributed by atoms with Crippen LogP contribution in [0, 0.1) is 5.82 Å². The van der Waals surface area contributed by atoms with Gasteiger partial charge in [0.15, 0.2) is 5.78 Å². The van der Waals surface area contributed by atoms with Crippen molar-refractivity contribution in [2.45, 2.75) is 12.8 Å². The number of halogens is 1. The number of aromatic hydroxyl groups is 1. The van der Waals surface area contributed by atoms with E-state index in [4.69, 9.17) is 0 Å². The van der Waals surface area contributed by atoms with Crippen LogP contribution in [0.1, 0.15) is 23.2 Å². The van der Waals surface area contributed by atoms with Gasteiger partial charge in [-0.05, 0) is 18.2 Å². The van der Waals surface area contributed by atoms with Crippen molar-refractivity contribution < 1.29 is 23.8 Å². The lowest BCUT2D eigenvalue weighted by Crippen LogP contribution is -2.06. The molecule has 0 amide bonds. The molecule has 1 N–H and O–H groups in total. The summed E-state index contributed by atoms with van der Waals surface area (Å²) in [6.45, 7) is 0. The molecular weight excluding hydrogens is 215 g/mol. The van der Waals surface area contributed by atoms with Crippen LogP contribution >= 0.6 is 0 Å². The molecule has 0 aromatic heterocycles. The highest BCUT2D eigenvalue weighted by Crippen LogP contribution is 2.20. The first kappa shape index (κ1) is 12.2. The number of esters is 1. The first-order chi connectivity index (χ1) is 7.54. The van der Waals surface area contributed by atoms with Gasteiger partial charge >= 0.3 is 5.97 Å². The summed E-state index contributed by atoms with van der Waals surface area (Å²) in [5.74, 6) is -1.93. The first-order valence-electron chi connectivity index (χ1n) is 4.63. The number of phenolic OH excluding ortho intramolecular Hbond substituents is 1. The molecule has 0 unspecified atom stereocenters. The van der Waals surface area contributed by atoms with Crippen LogP contribution in [0.15, 0.2) is 18.2 Å². The molecule has 4 nitrogen and oxygen atoms in total. The van der Waals surface area contributed by atoms with E-state index >= 15 is 0 Å². The number of carbonyl (C=O) groups excluding carboxylic acids is 2. The maximum atomic E-state index is 12.8. The average molecular weight is 226 g/mol. The number of Topliss-reactive ketones (excluding diaryl/α,β-unsaturated/α-hetero) is 1. The molecule has 0 bridgehead atoms. The van der Waals surface area contributed by atoms with Crippen molar-refractivity contribution in [1.29, 1.82) is 0 Å². The Morgan fingerprint density at radius 1 is 1.38 bits per heavy atom. The van der Waals surface area contributed by atoms with Crippen molar-refractivity contribution in [3.63, 3.8) is 0 Å². The van der Waals surface area contributed by atoms with Crippen molar-refractivity contribution in [3.05, 3.63) is 29.6 Å². The molecule has 16 heavy (non-hydrogen) atoms. The minimum absolute atomic E-state index is 0.0920. The highest BCUT2D eigenvalue weighted by Gasteiger charge is 2.13. The van der Waals surface area contributed by atoms with E-state index in [9.17, 15) is 19.1 Å². The molecule has 0 saturated heterocycles. The smallest absolute Gasteiger partial charge is 0.305 e. The van der Waals surface area contributed by atoms with Crippen LogP contribution in [0.2, 0.25) is 0 Å². The SMILES string of the molecule is COC(=O)CCC(=O)c1cc(F)ccc1O. The number of carbonyl (C=O) groups is 2. The van der Waals surface area contributed by atoms with Gasteiger partial charge in [-0.2, -0.15) is 0 Å². The van der Waals surface area contributed by atoms with Gasteiger partial charge in [0.1, 0.15) is 11.6 Å². The molecule has 0 atom stereocenters. The molecule has 0 aliphatic rings. The number of benzene rings is 1. The Labute approximate surface area is 91.7 Å². The van der Waals surface area contributed by atoms with E-state index in [2.05, 4.69) is 4.74 Å². The second kappa shape index (κ2) is 5.25. The predicted molar refractivity (Wildman–Crippen MR) is 53.6 cm³/mol. The van der Waals surface area contributed by atoms with Crippen LogP contribution in [0.4, 0.5) is 4.39 Å². The molecule has 1 aromatic carbocycles. The van der Waals surface area contributed by atoms with Gasteiger partial charge in [-0.15, -0.1) is 0 Å². The maximum absolute atomic E-state index is 12.8. The number of ether oxygens (including phenoxy) is 1. The monoisotopic (exact) mass is 226 g/mol. The second-order valence-electron chi connectivity index (χ2n) is 3.16. The van der Waals surface area contributed by atoms with Crippen molar-refractivity contribution in [2.24, 2.45) is 0 Å². The van der Waals surface area contributed by atoms with E-state index in [1.54, 1.807) is 0 Å². The summed E-state index contributed by atoms with van der Waals surface area (Å²) in [6, 6.07) is 3.09. The fraction of sp³-hybridized carbons (Fsp3) is 0.273. The minimum atomic E-state index is -0.612. The number of rotatable bonds is 4. The Kier molecular flexibility index (Phi) is 3.99. The van der Waals surface area contributed by atoms with E-state index in [1.165, 1.54) is 7.11 Å². The minimum Gasteiger partial charge on any atom is -0.507 e. The molecular formula is C11H11FO4. The molecule has 0 spiro atoms. The Morgan fingerprint density at radius 3 is 2.69 bits per heavy atom. The van der Waals surface area contributed by atoms with Crippen LogP contribution in [0.25, 0.3) is 0 Å². The summed E-state index contributed by atoms with van der Waals surface area (Å²) in [4.78, 5) is 22.3. The maximum Gasteiger partial charge on any atom is 0.305 e. The van der Waals surface area contributed by atoms with Crippen LogP contribution in [-0.2, 0) is 9.53 Å². The van der Waals surface area contributed by atoms with E-state index in [0.29, 0.717) is 0 Å². The summed E-state index contributed by atoms with van der Waals surface area (Å²) < 4.78 is 17.2. The van der Waals surface area contributed by atoms with Gasteiger partial charge in [0.25, 0.3) is 0 Å². The van der Waals surface area contributed by atoms with Gasteiger partial charge in [-0.25, -0.2) is 4.39 Å². The highest BCUT2D eigenvalue weighted by molar-refractivity contribution is 5.99. The lowest BCUT2D eigenvalue weighted by Gasteiger charge is -2.03. The van der Waals surface area contributed by atoms with Gasteiger partial charge in [-0.1, -0.05) is 0 Å². The van der Waals surface area contributed by atoms with Crippen LogP contribution in [0.5, 0.6) is 5.75 Å². The molecule has 0 radical (unpaired) electrons. The third kappa shape index (κ3) is 3.05. The lowest BCUT2D eigenvalue weighted by molar-refractivity contribution is -0.140. The Bertz CT molecular complexity index is 414. The summed E-state index contributed by atoms with van der Waals surface area (Å²) >= 11 is 0. The number of methoxy groups -OCH3 is 1. The van der Waals surface area contributed by atoms with Crippen molar-refractivity contribution >= 4 is 11.8 Å². The fourth-order valence-corrected chi connectivity index (χ4v) is 1.18. The Balaban J connectivity index is 2.73. The van der Waals surface area contributed by atoms with Gasteiger partial charge < -0.3 is 9.84 Å². The third-order valence-corrected chi connectivity index (χ3v) is 2.04. The zero-order valence-electron chi connectivity index (χ0n) is 8.70. The molecule has 1 aromatic rings. The Hall–Kier alpha value is -1.91. The number of phenols is 1. The molecule has 0 fully saturated rings. The van der Waals surface area contributed by atoms with Gasteiger partial charge in [-0.3, -0.25) is 9.59 Å². The zero-order chi connectivity index (χ0) is 12.1. The summed E-state index contributed by atoms with van der Waals surface area (Å²) in [6.07, 6.45) is -0.213. The van der Waals surface area contributed by atoms with E-state index in [0.717, 1.165) is 18.2 Å². The number of hydrogen-bond donors (Lipinski definition) is 1. The van der Waals surface area contributed by atoms with Crippen molar-refractivity contribution in [3.8, 4) is 5.75 Å². The predicted octanol–water partition coefficient (Wildman–Crippen LogP) is 1.67. The third-order valence-electron chi connectivity index (χ3n) is 2.04. The molecule has 0 saturated carbocycles. The van der Waals surface area contributed by atoms with Gasteiger partial charge in [0.2, 0.25) is 0 Å². The number of hydrogen-bond acceptors (Lipinski definition) is 4. The fourth-order valence-electron chi connectivity index (χ4n) is 1.18. The topological polar surface area (TPSA) is 63.6 Å². The van der Waals surface area contributed by atoms with Crippen LogP contribution < -0.4 is 0 Å². The molecule has 0 heterocycles. The number of ketones is 1. The molecule has 0 aliphatic heterocycles. The molecule has 0 aliphatic carbocycles. The molecule has 5 heteroatoms. The van der Waals surface area contributed by atoms with Crippen LogP contribution in [-0.4, -0.2) is 24.0 Å². The van der Waals surface area contributed by atoms with E-state index < -0.39 is 17.6 Å². The summed E-state index contributed by atoms with van der Waals surface area (Å²) in [7, 11) is 1.21. The molecule has 86 valence electrons. The van der Waals surface area contributed by atoms with Crippen LogP contribution in [0.3, 0.4) is 0 Å². The summed E-state index contributed by atoms with van der Waals surface area (Å²) in [5.41, 5.74) is -0.121. The van der Waals surface area contributed by atoms with E-state index in [1.807, 2.05) is 0 Å². The largest absolute Gasteiger partial charge is 0.507 e.